The Labute approximate surface area is 109 Å². The second-order valence-corrected chi connectivity index (χ2v) is 4.57. The van der Waals surface area contributed by atoms with Crippen LogP contribution in [-0.4, -0.2) is 28.1 Å². The third-order valence-electron chi connectivity index (χ3n) is 2.67. The monoisotopic (exact) mass is 294 g/mol. The highest BCUT2D eigenvalue weighted by molar-refractivity contribution is 9.10. The Morgan fingerprint density at radius 1 is 1.35 bits per heavy atom. The van der Waals surface area contributed by atoms with Crippen molar-refractivity contribution >= 4 is 15.9 Å². The maximum Gasteiger partial charge on any atom is 0.112 e. The number of aromatic nitrogens is 3. The van der Waals surface area contributed by atoms with Crippen molar-refractivity contribution in [2.24, 2.45) is 7.05 Å². The SMILES string of the molecule is CNCCc1nc(-c2ccncc2)c(Br)n1C. The van der Waals surface area contributed by atoms with Gasteiger partial charge in [0.15, 0.2) is 0 Å². The third-order valence-corrected chi connectivity index (χ3v) is 3.58. The second kappa shape index (κ2) is 5.42. The molecule has 0 aliphatic rings. The number of nitrogens with one attached hydrogen (secondary N) is 1. The van der Waals surface area contributed by atoms with Gasteiger partial charge in [-0.05, 0) is 35.1 Å². The topological polar surface area (TPSA) is 42.7 Å². The van der Waals surface area contributed by atoms with E-state index in [1.54, 1.807) is 12.4 Å². The molecule has 2 rings (SSSR count). The van der Waals surface area contributed by atoms with Crippen molar-refractivity contribution in [2.75, 3.05) is 13.6 Å². The number of likely N-dealkylation sites (N-methyl/N-ethyl adjacent to an activating group) is 1. The molecule has 0 spiro atoms. The molecule has 4 nitrogen and oxygen atoms in total. The first-order valence-corrected chi connectivity index (χ1v) is 6.29. The summed E-state index contributed by atoms with van der Waals surface area (Å²) >= 11 is 3.59. The molecule has 0 saturated carbocycles. The molecule has 90 valence electrons. The summed E-state index contributed by atoms with van der Waals surface area (Å²) in [4.78, 5) is 8.68. The minimum atomic E-state index is 0.913. The number of nitrogens with zero attached hydrogens (tertiary/aromatic N) is 3. The summed E-state index contributed by atoms with van der Waals surface area (Å²) in [6.45, 7) is 0.924. The molecule has 0 bridgehead atoms. The number of pyridine rings is 1. The van der Waals surface area contributed by atoms with Gasteiger partial charge in [-0.3, -0.25) is 4.98 Å². The molecule has 0 unspecified atom stereocenters. The Balaban J connectivity index is 2.36. The first-order valence-electron chi connectivity index (χ1n) is 5.50. The van der Waals surface area contributed by atoms with E-state index in [1.807, 2.05) is 26.2 Å². The molecule has 0 atom stereocenters. The van der Waals surface area contributed by atoms with Crippen molar-refractivity contribution in [1.29, 1.82) is 0 Å². The summed E-state index contributed by atoms with van der Waals surface area (Å²) in [6, 6.07) is 3.93. The molecule has 0 fully saturated rings. The highest BCUT2D eigenvalue weighted by Gasteiger charge is 2.13. The summed E-state index contributed by atoms with van der Waals surface area (Å²) in [7, 11) is 3.97. The van der Waals surface area contributed by atoms with E-state index >= 15 is 0 Å². The molecule has 0 aromatic carbocycles. The molecule has 17 heavy (non-hydrogen) atoms. The van der Waals surface area contributed by atoms with E-state index < -0.39 is 0 Å². The van der Waals surface area contributed by atoms with Gasteiger partial charge in [0.25, 0.3) is 0 Å². The van der Waals surface area contributed by atoms with Gasteiger partial charge in [0.05, 0.1) is 0 Å². The van der Waals surface area contributed by atoms with Gasteiger partial charge in [0.2, 0.25) is 0 Å². The van der Waals surface area contributed by atoms with Gasteiger partial charge in [-0.2, -0.15) is 0 Å². The fraction of sp³-hybridized carbons (Fsp3) is 0.333. The minimum Gasteiger partial charge on any atom is -0.325 e. The average molecular weight is 295 g/mol. The normalized spacial score (nSPS) is 10.8. The Hall–Kier alpha value is -1.20. The maximum absolute atomic E-state index is 4.67. The van der Waals surface area contributed by atoms with Crippen molar-refractivity contribution in [3.05, 3.63) is 35.0 Å². The van der Waals surface area contributed by atoms with Crippen LogP contribution in [0.4, 0.5) is 0 Å². The van der Waals surface area contributed by atoms with E-state index in [1.165, 1.54) is 0 Å². The largest absolute Gasteiger partial charge is 0.325 e. The minimum absolute atomic E-state index is 0.913. The predicted octanol–water partition coefficient (Wildman–Crippen LogP) is 2.01. The summed E-state index contributed by atoms with van der Waals surface area (Å²) in [6.07, 6.45) is 4.48. The standard InChI is InChI=1S/C12H15BrN4/c1-14-6-5-10-16-11(12(13)17(10)2)9-3-7-15-8-4-9/h3-4,7-8,14H,5-6H2,1-2H3. The molecule has 1 N–H and O–H groups in total. The van der Waals surface area contributed by atoms with Crippen LogP contribution in [-0.2, 0) is 13.5 Å². The van der Waals surface area contributed by atoms with Crippen LogP contribution >= 0.6 is 15.9 Å². The Morgan fingerprint density at radius 3 is 2.71 bits per heavy atom. The van der Waals surface area contributed by atoms with Crippen molar-refractivity contribution in [3.8, 4) is 11.3 Å². The molecule has 2 aromatic rings. The maximum atomic E-state index is 4.67. The first-order chi connectivity index (χ1) is 8.24. The average Bonchev–Trinajstić information content (AvgIpc) is 2.65. The Bertz CT molecular complexity index is 493. The van der Waals surface area contributed by atoms with Crippen molar-refractivity contribution in [3.63, 3.8) is 0 Å². The van der Waals surface area contributed by atoms with Crippen LogP contribution in [0.5, 0.6) is 0 Å². The molecule has 2 heterocycles. The second-order valence-electron chi connectivity index (χ2n) is 3.82. The summed E-state index contributed by atoms with van der Waals surface area (Å²) in [5.41, 5.74) is 2.05. The van der Waals surface area contributed by atoms with Crippen LogP contribution < -0.4 is 5.32 Å². The zero-order valence-electron chi connectivity index (χ0n) is 9.94. The van der Waals surface area contributed by atoms with Gasteiger partial charge in [-0.15, -0.1) is 0 Å². The van der Waals surface area contributed by atoms with E-state index in [2.05, 4.69) is 35.8 Å². The zero-order chi connectivity index (χ0) is 12.3. The lowest BCUT2D eigenvalue weighted by atomic mass is 10.2. The highest BCUT2D eigenvalue weighted by Crippen LogP contribution is 2.27. The summed E-state index contributed by atoms with van der Waals surface area (Å²) in [5, 5.41) is 3.13. The lowest BCUT2D eigenvalue weighted by molar-refractivity contribution is 0.713. The number of halogens is 1. The van der Waals surface area contributed by atoms with Gasteiger partial charge in [0.1, 0.15) is 16.1 Å². The Morgan fingerprint density at radius 2 is 2.06 bits per heavy atom. The molecule has 0 aliphatic carbocycles. The fourth-order valence-corrected chi connectivity index (χ4v) is 2.20. The molecular weight excluding hydrogens is 280 g/mol. The van der Waals surface area contributed by atoms with Gasteiger partial charge in [-0.25, -0.2) is 4.98 Å². The fourth-order valence-electron chi connectivity index (χ4n) is 1.68. The van der Waals surface area contributed by atoms with Crippen molar-refractivity contribution in [1.82, 2.24) is 19.9 Å². The molecule has 0 radical (unpaired) electrons. The molecule has 0 aliphatic heterocycles. The molecule has 2 aromatic heterocycles. The quantitative estimate of drug-likeness (QED) is 0.938. The molecular formula is C12H15BrN4. The van der Waals surface area contributed by atoms with Crippen molar-refractivity contribution < 1.29 is 0 Å². The van der Waals surface area contributed by atoms with E-state index in [0.717, 1.165) is 34.7 Å². The highest BCUT2D eigenvalue weighted by atomic mass is 79.9. The van der Waals surface area contributed by atoms with Gasteiger partial charge in [-0.1, -0.05) is 0 Å². The number of rotatable bonds is 4. The van der Waals surface area contributed by atoms with E-state index in [9.17, 15) is 0 Å². The van der Waals surface area contributed by atoms with Gasteiger partial charge < -0.3 is 9.88 Å². The van der Waals surface area contributed by atoms with E-state index in [0.29, 0.717) is 0 Å². The predicted molar refractivity (Wildman–Crippen MR) is 71.8 cm³/mol. The smallest absolute Gasteiger partial charge is 0.112 e. The molecule has 5 heteroatoms. The van der Waals surface area contributed by atoms with E-state index in [-0.39, 0.29) is 0 Å². The molecule has 0 amide bonds. The van der Waals surface area contributed by atoms with Crippen LogP contribution in [0, 0.1) is 0 Å². The lowest BCUT2D eigenvalue weighted by Crippen LogP contribution is -2.13. The Kier molecular flexibility index (Phi) is 3.91. The summed E-state index contributed by atoms with van der Waals surface area (Å²) in [5.74, 6) is 1.07. The number of imidazole rings is 1. The van der Waals surface area contributed by atoms with Crippen molar-refractivity contribution in [2.45, 2.75) is 6.42 Å². The van der Waals surface area contributed by atoms with Crippen LogP contribution in [0.3, 0.4) is 0 Å². The van der Waals surface area contributed by atoms with E-state index in [4.69, 9.17) is 0 Å². The van der Waals surface area contributed by atoms with Crippen LogP contribution in [0.15, 0.2) is 29.1 Å². The van der Waals surface area contributed by atoms with Gasteiger partial charge >= 0.3 is 0 Å². The lowest BCUT2D eigenvalue weighted by Gasteiger charge is -2.01. The number of hydrogen-bond donors (Lipinski definition) is 1. The zero-order valence-corrected chi connectivity index (χ0v) is 11.5. The van der Waals surface area contributed by atoms with Crippen LogP contribution in [0.2, 0.25) is 0 Å². The van der Waals surface area contributed by atoms with Crippen LogP contribution in [0.25, 0.3) is 11.3 Å². The summed E-state index contributed by atoms with van der Waals surface area (Å²) < 4.78 is 3.09. The third kappa shape index (κ3) is 2.56. The van der Waals surface area contributed by atoms with Crippen LogP contribution in [0.1, 0.15) is 5.82 Å². The first kappa shape index (κ1) is 12.3. The molecule has 0 saturated heterocycles. The number of hydrogen-bond acceptors (Lipinski definition) is 3. The van der Waals surface area contributed by atoms with Gasteiger partial charge in [0, 0.05) is 38.0 Å².